The van der Waals surface area contributed by atoms with Crippen molar-refractivity contribution in [2.75, 3.05) is 4.90 Å². The Hall–Kier alpha value is -3.08. The van der Waals surface area contributed by atoms with Gasteiger partial charge in [-0.25, -0.2) is 0 Å². The number of anilines is 1. The van der Waals surface area contributed by atoms with Crippen LogP contribution in [0.5, 0.6) is 0 Å². The summed E-state index contributed by atoms with van der Waals surface area (Å²) in [6.45, 7) is 4.44. The molecular formula is C26H29N3O2. The number of benzene rings is 2. The highest BCUT2D eigenvalue weighted by molar-refractivity contribution is 6.14. The Balaban J connectivity index is 1.62. The van der Waals surface area contributed by atoms with Crippen molar-refractivity contribution in [3.63, 3.8) is 0 Å². The molecule has 2 amide bonds. The van der Waals surface area contributed by atoms with Gasteiger partial charge in [0.15, 0.2) is 0 Å². The van der Waals surface area contributed by atoms with Gasteiger partial charge in [0.25, 0.3) is 5.91 Å². The van der Waals surface area contributed by atoms with Crippen LogP contribution in [0.4, 0.5) is 5.69 Å². The van der Waals surface area contributed by atoms with Crippen molar-refractivity contribution >= 4 is 28.4 Å². The van der Waals surface area contributed by atoms with Crippen molar-refractivity contribution in [1.29, 1.82) is 0 Å². The van der Waals surface area contributed by atoms with Gasteiger partial charge in [0.2, 0.25) is 5.91 Å². The number of para-hydroxylation sites is 1. The van der Waals surface area contributed by atoms with Crippen molar-refractivity contribution < 1.29 is 9.59 Å². The predicted molar refractivity (Wildman–Crippen MR) is 123 cm³/mol. The molecule has 3 aromatic rings. The van der Waals surface area contributed by atoms with Gasteiger partial charge in [-0.3, -0.25) is 14.5 Å². The molecule has 2 aliphatic rings. The third kappa shape index (κ3) is 3.23. The molecule has 0 bridgehead atoms. The van der Waals surface area contributed by atoms with Crippen LogP contribution in [0.15, 0.2) is 54.6 Å². The first-order valence-electron chi connectivity index (χ1n) is 11.3. The quantitative estimate of drug-likeness (QED) is 0.673. The van der Waals surface area contributed by atoms with E-state index < -0.39 is 5.54 Å². The summed E-state index contributed by atoms with van der Waals surface area (Å²) >= 11 is 0. The van der Waals surface area contributed by atoms with Crippen molar-refractivity contribution in [3.05, 3.63) is 65.9 Å². The van der Waals surface area contributed by atoms with Crippen LogP contribution in [-0.2, 0) is 17.8 Å². The van der Waals surface area contributed by atoms with Gasteiger partial charge in [-0.15, -0.1) is 0 Å². The van der Waals surface area contributed by atoms with E-state index in [0.29, 0.717) is 12.2 Å². The van der Waals surface area contributed by atoms with Gasteiger partial charge in [-0.05, 0) is 56.0 Å². The van der Waals surface area contributed by atoms with Crippen LogP contribution in [0.1, 0.15) is 55.6 Å². The maximum atomic E-state index is 13.8. The highest BCUT2D eigenvalue weighted by Crippen LogP contribution is 2.36. The number of amides is 2. The molecule has 1 aromatic heterocycles. The topological polar surface area (TPSA) is 54.3 Å². The zero-order chi connectivity index (χ0) is 21.6. The third-order valence-corrected chi connectivity index (χ3v) is 6.97. The second kappa shape index (κ2) is 7.56. The Morgan fingerprint density at radius 2 is 1.81 bits per heavy atom. The number of aromatic nitrogens is 1. The van der Waals surface area contributed by atoms with Crippen LogP contribution in [0.2, 0.25) is 0 Å². The van der Waals surface area contributed by atoms with Crippen molar-refractivity contribution in [2.45, 2.75) is 64.1 Å². The molecule has 5 rings (SSSR count). The third-order valence-electron chi connectivity index (χ3n) is 6.97. The van der Waals surface area contributed by atoms with E-state index in [1.54, 1.807) is 4.90 Å². The van der Waals surface area contributed by atoms with E-state index in [0.717, 1.165) is 48.7 Å². The molecular weight excluding hydrogens is 386 g/mol. The lowest BCUT2D eigenvalue weighted by atomic mass is 9.93. The average molecular weight is 416 g/mol. The molecule has 0 saturated heterocycles. The Bertz CT molecular complexity index is 1140. The second-order valence-corrected chi connectivity index (χ2v) is 9.06. The highest BCUT2D eigenvalue weighted by atomic mass is 16.2. The van der Waals surface area contributed by atoms with Crippen LogP contribution in [0, 0.1) is 0 Å². The number of nitrogens with zero attached hydrogens (tertiary/aromatic N) is 2. The number of hydrogen-bond donors (Lipinski definition) is 1. The summed E-state index contributed by atoms with van der Waals surface area (Å²) in [5.74, 6) is -0.202. The number of rotatable bonds is 4. The fourth-order valence-corrected chi connectivity index (χ4v) is 5.14. The zero-order valence-electron chi connectivity index (χ0n) is 18.2. The molecule has 1 N–H and O–H groups in total. The molecule has 2 aromatic carbocycles. The standard InChI is InChI=1S/C26H29N3O2/c1-3-18-12-14-21(15-13-18)29-24(30)23-16-19-8-4-7-11-22(19)28(23)17-26(29,2)25(31)27-20-9-5-6-10-20/h4,7-8,11-16,20H,3,5-6,9-10,17H2,1-2H3,(H,27,31)/t26-/m0/s1. The van der Waals surface area contributed by atoms with E-state index in [1.165, 1.54) is 5.56 Å². The Morgan fingerprint density at radius 3 is 2.52 bits per heavy atom. The predicted octanol–water partition coefficient (Wildman–Crippen LogP) is 4.68. The summed E-state index contributed by atoms with van der Waals surface area (Å²) in [6.07, 6.45) is 5.25. The summed E-state index contributed by atoms with van der Waals surface area (Å²) in [6, 6.07) is 18.2. The summed E-state index contributed by atoms with van der Waals surface area (Å²) < 4.78 is 2.02. The van der Waals surface area contributed by atoms with Crippen LogP contribution in [-0.4, -0.2) is 28.0 Å². The van der Waals surface area contributed by atoms with Crippen LogP contribution in [0.3, 0.4) is 0 Å². The van der Waals surface area contributed by atoms with Crippen LogP contribution < -0.4 is 10.2 Å². The van der Waals surface area contributed by atoms with Gasteiger partial charge >= 0.3 is 0 Å². The van der Waals surface area contributed by atoms with Gasteiger partial charge in [-0.1, -0.05) is 50.1 Å². The fourth-order valence-electron chi connectivity index (χ4n) is 5.14. The lowest BCUT2D eigenvalue weighted by Gasteiger charge is -2.44. The maximum Gasteiger partial charge on any atom is 0.275 e. The van der Waals surface area contributed by atoms with Gasteiger partial charge in [-0.2, -0.15) is 0 Å². The van der Waals surface area contributed by atoms with Crippen LogP contribution in [0.25, 0.3) is 10.9 Å². The molecule has 0 radical (unpaired) electrons. The Morgan fingerprint density at radius 1 is 1.10 bits per heavy atom. The molecule has 0 unspecified atom stereocenters. The lowest BCUT2D eigenvalue weighted by Crippen LogP contribution is -2.65. The van der Waals surface area contributed by atoms with Crippen molar-refractivity contribution in [1.82, 2.24) is 9.88 Å². The number of carbonyl (C=O) groups excluding carboxylic acids is 2. The summed E-state index contributed by atoms with van der Waals surface area (Å²) in [4.78, 5) is 29.2. The number of aryl methyl sites for hydroxylation is 1. The second-order valence-electron chi connectivity index (χ2n) is 9.06. The van der Waals surface area contributed by atoms with E-state index in [1.807, 2.05) is 66.1 Å². The van der Waals surface area contributed by atoms with E-state index in [4.69, 9.17) is 0 Å². The lowest BCUT2D eigenvalue weighted by molar-refractivity contribution is -0.127. The van der Waals surface area contributed by atoms with Gasteiger partial charge < -0.3 is 9.88 Å². The molecule has 0 spiro atoms. The maximum absolute atomic E-state index is 13.8. The van der Waals surface area contributed by atoms with Crippen molar-refractivity contribution in [3.8, 4) is 0 Å². The fraction of sp³-hybridized carbons (Fsp3) is 0.385. The molecule has 1 atom stereocenters. The van der Waals surface area contributed by atoms with Crippen LogP contribution >= 0.6 is 0 Å². The molecule has 160 valence electrons. The summed E-state index contributed by atoms with van der Waals surface area (Å²) in [7, 11) is 0. The van der Waals surface area contributed by atoms with Crippen molar-refractivity contribution in [2.24, 2.45) is 0 Å². The average Bonchev–Trinajstić information content (AvgIpc) is 3.42. The smallest absolute Gasteiger partial charge is 0.275 e. The first-order valence-corrected chi connectivity index (χ1v) is 11.3. The minimum Gasteiger partial charge on any atom is -0.351 e. The summed E-state index contributed by atoms with van der Waals surface area (Å²) in [5.41, 5.74) is 2.59. The number of carbonyl (C=O) groups is 2. The first-order chi connectivity index (χ1) is 15.0. The summed E-state index contributed by atoms with van der Waals surface area (Å²) in [5, 5.41) is 4.28. The van der Waals surface area contributed by atoms with E-state index in [-0.39, 0.29) is 17.9 Å². The highest BCUT2D eigenvalue weighted by Gasteiger charge is 2.49. The molecule has 2 heterocycles. The molecule has 5 heteroatoms. The monoisotopic (exact) mass is 415 g/mol. The minimum atomic E-state index is -1.01. The first kappa shape index (κ1) is 19.9. The van der Waals surface area contributed by atoms with E-state index >= 15 is 0 Å². The molecule has 1 aliphatic carbocycles. The largest absolute Gasteiger partial charge is 0.351 e. The molecule has 1 aliphatic heterocycles. The molecule has 5 nitrogen and oxygen atoms in total. The normalized spacial score (nSPS) is 21.5. The van der Waals surface area contributed by atoms with E-state index in [9.17, 15) is 9.59 Å². The number of fused-ring (bicyclic) bond motifs is 3. The molecule has 1 fully saturated rings. The van der Waals surface area contributed by atoms with E-state index in [2.05, 4.69) is 12.2 Å². The van der Waals surface area contributed by atoms with Gasteiger partial charge in [0.1, 0.15) is 11.2 Å². The molecule has 31 heavy (non-hydrogen) atoms. The molecule has 1 saturated carbocycles. The Labute approximate surface area is 183 Å². The number of nitrogens with one attached hydrogen (secondary N) is 1. The Kier molecular flexibility index (Phi) is 4.84. The number of hydrogen-bond acceptors (Lipinski definition) is 2. The SMILES string of the molecule is CCc1ccc(N2C(=O)c3cc4ccccc4n3C[C@@]2(C)C(=O)NC2CCCC2)cc1. The minimum absolute atomic E-state index is 0.0734. The van der Waals surface area contributed by atoms with Gasteiger partial charge in [0.05, 0.1) is 6.54 Å². The van der Waals surface area contributed by atoms with Gasteiger partial charge in [0, 0.05) is 22.6 Å². The zero-order valence-corrected chi connectivity index (χ0v) is 18.2.